The van der Waals surface area contributed by atoms with Crippen molar-refractivity contribution in [1.29, 1.82) is 0 Å². The van der Waals surface area contributed by atoms with Crippen molar-refractivity contribution in [3.05, 3.63) is 40.0 Å². The van der Waals surface area contributed by atoms with Crippen LogP contribution in [0, 0.1) is 12.8 Å². The minimum absolute atomic E-state index is 0.0140. The lowest BCUT2D eigenvalue weighted by Gasteiger charge is -2.16. The molecule has 24 heavy (non-hydrogen) atoms. The number of rotatable bonds is 7. The van der Waals surface area contributed by atoms with E-state index < -0.39 is 0 Å². The van der Waals surface area contributed by atoms with Crippen LogP contribution in [0.3, 0.4) is 0 Å². The van der Waals surface area contributed by atoms with E-state index in [0.717, 1.165) is 29.1 Å². The van der Waals surface area contributed by atoms with E-state index in [-0.39, 0.29) is 12.1 Å². The SMILES string of the molecule is CCOc1cc(CNC(=O)N[C@H](c2nc(C)cs2)C2CC2)ccn1. The van der Waals surface area contributed by atoms with Gasteiger partial charge in [-0.05, 0) is 44.2 Å². The summed E-state index contributed by atoms with van der Waals surface area (Å²) in [5.41, 5.74) is 1.96. The minimum atomic E-state index is -0.172. The average molecular weight is 346 g/mol. The number of carbonyl (C=O) groups excluding carboxylic acids is 1. The Kier molecular flexibility index (Phi) is 5.30. The molecule has 1 aliphatic rings. The first-order chi connectivity index (χ1) is 11.7. The third-order valence-corrected chi connectivity index (χ3v) is 4.87. The van der Waals surface area contributed by atoms with Crippen LogP contribution in [0.25, 0.3) is 0 Å². The number of aromatic nitrogens is 2. The molecule has 2 heterocycles. The van der Waals surface area contributed by atoms with Gasteiger partial charge in [0.1, 0.15) is 5.01 Å². The molecular weight excluding hydrogens is 324 g/mol. The van der Waals surface area contributed by atoms with E-state index in [1.807, 2.05) is 31.4 Å². The molecule has 7 heteroatoms. The number of nitrogens with one attached hydrogen (secondary N) is 2. The summed E-state index contributed by atoms with van der Waals surface area (Å²) in [6, 6.07) is 3.55. The number of thiazole rings is 1. The first-order valence-corrected chi connectivity index (χ1v) is 9.07. The maximum atomic E-state index is 12.3. The van der Waals surface area contributed by atoms with Gasteiger partial charge in [-0.25, -0.2) is 14.8 Å². The van der Waals surface area contributed by atoms with Crippen molar-refractivity contribution in [3.8, 4) is 5.88 Å². The summed E-state index contributed by atoms with van der Waals surface area (Å²) in [6.07, 6.45) is 3.97. The third-order valence-electron chi connectivity index (χ3n) is 3.83. The van der Waals surface area contributed by atoms with E-state index in [1.165, 1.54) is 0 Å². The number of carbonyl (C=O) groups is 1. The molecule has 0 aliphatic heterocycles. The van der Waals surface area contributed by atoms with Crippen LogP contribution in [0.2, 0.25) is 0 Å². The fourth-order valence-corrected chi connectivity index (χ4v) is 3.43. The molecule has 0 aromatic carbocycles. The zero-order valence-electron chi connectivity index (χ0n) is 13.9. The number of ether oxygens (including phenoxy) is 1. The highest BCUT2D eigenvalue weighted by Crippen LogP contribution is 2.41. The first-order valence-electron chi connectivity index (χ1n) is 8.20. The first kappa shape index (κ1) is 16.7. The summed E-state index contributed by atoms with van der Waals surface area (Å²) in [4.78, 5) is 20.9. The normalized spacial score (nSPS) is 14.9. The van der Waals surface area contributed by atoms with E-state index in [9.17, 15) is 4.79 Å². The fourth-order valence-electron chi connectivity index (χ4n) is 2.49. The van der Waals surface area contributed by atoms with Gasteiger partial charge in [-0.15, -0.1) is 11.3 Å². The van der Waals surface area contributed by atoms with E-state index in [1.54, 1.807) is 17.5 Å². The molecule has 0 bridgehead atoms. The van der Waals surface area contributed by atoms with Crippen molar-refractivity contribution in [2.24, 2.45) is 5.92 Å². The molecule has 0 spiro atoms. The predicted molar refractivity (Wildman–Crippen MR) is 93.1 cm³/mol. The Hall–Kier alpha value is -2.15. The number of urea groups is 1. The van der Waals surface area contributed by atoms with Crippen LogP contribution < -0.4 is 15.4 Å². The molecule has 1 saturated carbocycles. The van der Waals surface area contributed by atoms with E-state index in [0.29, 0.717) is 24.9 Å². The molecular formula is C17H22N4O2S. The van der Waals surface area contributed by atoms with Gasteiger partial charge in [0.05, 0.1) is 12.6 Å². The van der Waals surface area contributed by atoms with Crippen LogP contribution in [-0.2, 0) is 6.54 Å². The van der Waals surface area contributed by atoms with Crippen LogP contribution >= 0.6 is 11.3 Å². The lowest BCUT2D eigenvalue weighted by atomic mass is 10.2. The maximum Gasteiger partial charge on any atom is 0.315 e. The predicted octanol–water partition coefficient (Wildman–Crippen LogP) is 3.20. The Bertz CT molecular complexity index is 699. The van der Waals surface area contributed by atoms with Gasteiger partial charge in [-0.3, -0.25) is 0 Å². The van der Waals surface area contributed by atoms with Crippen molar-refractivity contribution in [1.82, 2.24) is 20.6 Å². The van der Waals surface area contributed by atoms with Gasteiger partial charge in [0.25, 0.3) is 0 Å². The lowest BCUT2D eigenvalue weighted by Crippen LogP contribution is -2.38. The highest BCUT2D eigenvalue weighted by molar-refractivity contribution is 7.09. The number of hydrogen-bond donors (Lipinski definition) is 2. The summed E-state index contributed by atoms with van der Waals surface area (Å²) in [5.74, 6) is 1.08. The number of amides is 2. The molecule has 2 N–H and O–H groups in total. The zero-order chi connectivity index (χ0) is 16.9. The Morgan fingerprint density at radius 2 is 2.33 bits per heavy atom. The maximum absolute atomic E-state index is 12.3. The third kappa shape index (κ3) is 4.44. The van der Waals surface area contributed by atoms with Crippen molar-refractivity contribution < 1.29 is 9.53 Å². The summed E-state index contributed by atoms with van der Waals surface area (Å²) in [6.45, 7) is 4.89. The average Bonchev–Trinajstić information content (AvgIpc) is 3.32. The molecule has 2 aromatic rings. The summed E-state index contributed by atoms with van der Waals surface area (Å²) in [5, 5.41) is 8.99. The molecule has 0 radical (unpaired) electrons. The van der Waals surface area contributed by atoms with Gasteiger partial charge in [-0.1, -0.05) is 0 Å². The summed E-state index contributed by atoms with van der Waals surface area (Å²) < 4.78 is 5.37. The van der Waals surface area contributed by atoms with Gasteiger partial charge in [0.15, 0.2) is 0 Å². The molecule has 0 unspecified atom stereocenters. The molecule has 1 fully saturated rings. The van der Waals surface area contributed by atoms with Crippen LogP contribution in [0.1, 0.15) is 42.1 Å². The molecule has 2 aromatic heterocycles. The quantitative estimate of drug-likeness (QED) is 0.807. The van der Waals surface area contributed by atoms with E-state index in [4.69, 9.17) is 4.74 Å². The smallest absolute Gasteiger partial charge is 0.315 e. The van der Waals surface area contributed by atoms with Gasteiger partial charge in [0.2, 0.25) is 5.88 Å². The second kappa shape index (κ2) is 7.61. The van der Waals surface area contributed by atoms with E-state index in [2.05, 4.69) is 20.6 Å². The molecule has 0 saturated heterocycles. The fraction of sp³-hybridized carbons (Fsp3) is 0.471. The molecule has 3 rings (SSSR count). The van der Waals surface area contributed by atoms with Gasteiger partial charge >= 0.3 is 6.03 Å². The Labute approximate surface area is 145 Å². The monoisotopic (exact) mass is 346 g/mol. The molecule has 1 atom stereocenters. The Balaban J connectivity index is 1.55. The topological polar surface area (TPSA) is 76.1 Å². The standard InChI is InChI=1S/C17H22N4O2S/c1-3-23-14-8-12(6-7-18-14)9-19-17(22)21-15(13-4-5-13)16-20-11(2)10-24-16/h6-8,10,13,15H,3-5,9H2,1-2H3,(H2,19,21,22)/t15-/m0/s1. The van der Waals surface area contributed by atoms with Crippen LogP contribution in [0.15, 0.2) is 23.7 Å². The highest BCUT2D eigenvalue weighted by atomic mass is 32.1. The second-order valence-corrected chi connectivity index (χ2v) is 6.79. The number of nitrogens with zero attached hydrogens (tertiary/aromatic N) is 2. The molecule has 1 aliphatic carbocycles. The minimum Gasteiger partial charge on any atom is -0.478 e. The Morgan fingerprint density at radius 3 is 3.00 bits per heavy atom. The summed E-state index contributed by atoms with van der Waals surface area (Å²) >= 11 is 1.61. The van der Waals surface area contributed by atoms with Crippen LogP contribution in [0.4, 0.5) is 4.79 Å². The van der Waals surface area contributed by atoms with Gasteiger partial charge < -0.3 is 15.4 Å². The largest absolute Gasteiger partial charge is 0.478 e. The van der Waals surface area contributed by atoms with Crippen LogP contribution in [0.5, 0.6) is 5.88 Å². The summed E-state index contributed by atoms with van der Waals surface area (Å²) in [7, 11) is 0. The lowest BCUT2D eigenvalue weighted by molar-refractivity contribution is 0.235. The molecule has 128 valence electrons. The zero-order valence-corrected chi connectivity index (χ0v) is 14.7. The number of hydrogen-bond acceptors (Lipinski definition) is 5. The highest BCUT2D eigenvalue weighted by Gasteiger charge is 2.35. The number of pyridine rings is 1. The van der Waals surface area contributed by atoms with Crippen molar-refractivity contribution >= 4 is 17.4 Å². The van der Waals surface area contributed by atoms with Crippen molar-refractivity contribution in [2.45, 2.75) is 39.3 Å². The van der Waals surface area contributed by atoms with Crippen molar-refractivity contribution in [2.75, 3.05) is 6.61 Å². The Morgan fingerprint density at radius 1 is 1.50 bits per heavy atom. The number of aryl methyl sites for hydroxylation is 1. The van der Waals surface area contributed by atoms with Crippen LogP contribution in [-0.4, -0.2) is 22.6 Å². The van der Waals surface area contributed by atoms with Gasteiger partial charge in [0, 0.05) is 29.9 Å². The van der Waals surface area contributed by atoms with Gasteiger partial charge in [-0.2, -0.15) is 0 Å². The van der Waals surface area contributed by atoms with E-state index >= 15 is 0 Å². The molecule has 6 nitrogen and oxygen atoms in total. The van der Waals surface area contributed by atoms with Crippen molar-refractivity contribution in [3.63, 3.8) is 0 Å². The second-order valence-electron chi connectivity index (χ2n) is 5.90. The molecule has 2 amide bonds.